The fourth-order valence-electron chi connectivity index (χ4n) is 4.16. The van der Waals surface area contributed by atoms with Crippen LogP contribution in [0, 0.1) is 11.3 Å². The first-order valence-electron chi connectivity index (χ1n) is 10.9. The van der Waals surface area contributed by atoms with Gasteiger partial charge in [0, 0.05) is 55.9 Å². The van der Waals surface area contributed by atoms with Crippen molar-refractivity contribution in [3.05, 3.63) is 60.3 Å². The Labute approximate surface area is 196 Å². The molecule has 4 aromatic heterocycles. The van der Waals surface area contributed by atoms with Crippen molar-refractivity contribution in [3.63, 3.8) is 0 Å². The second kappa shape index (κ2) is 8.51. The molecule has 1 fully saturated rings. The van der Waals surface area contributed by atoms with Crippen LogP contribution >= 0.6 is 0 Å². The van der Waals surface area contributed by atoms with Gasteiger partial charge >= 0.3 is 0 Å². The Bertz CT molecular complexity index is 1390. The van der Waals surface area contributed by atoms with Gasteiger partial charge in [0.05, 0.1) is 42.7 Å². The molecule has 0 bridgehead atoms. The van der Waals surface area contributed by atoms with Crippen LogP contribution in [0.1, 0.15) is 24.0 Å². The van der Waals surface area contributed by atoms with Gasteiger partial charge in [-0.05, 0) is 18.6 Å². The lowest BCUT2D eigenvalue weighted by molar-refractivity contribution is -0.123. The monoisotopic (exact) mass is 456 g/mol. The number of aromatic nitrogens is 5. The molecule has 1 N–H and O–H groups in total. The molecule has 0 aromatic carbocycles. The minimum absolute atomic E-state index is 0.0108. The molecule has 1 amide bonds. The largest absolute Gasteiger partial charge is 0.481 e. The highest BCUT2D eigenvalue weighted by Gasteiger charge is 2.32. The molecule has 5 rings (SSSR count). The van der Waals surface area contributed by atoms with Crippen LogP contribution < -0.4 is 15.0 Å². The van der Waals surface area contributed by atoms with Crippen LogP contribution in [0.5, 0.6) is 5.88 Å². The van der Waals surface area contributed by atoms with Crippen molar-refractivity contribution in [2.75, 3.05) is 25.1 Å². The zero-order valence-corrected chi connectivity index (χ0v) is 19.1. The molecular formula is C24H24N8O2. The van der Waals surface area contributed by atoms with E-state index in [0.717, 1.165) is 27.9 Å². The Morgan fingerprint density at radius 3 is 2.68 bits per heavy atom. The van der Waals surface area contributed by atoms with Crippen molar-refractivity contribution >= 4 is 17.1 Å². The van der Waals surface area contributed by atoms with Crippen LogP contribution in [0.2, 0.25) is 0 Å². The maximum absolute atomic E-state index is 12.8. The molecule has 0 radical (unpaired) electrons. The molecule has 0 aliphatic carbocycles. The summed E-state index contributed by atoms with van der Waals surface area (Å²) in [5.74, 6) is 0.142. The first-order valence-corrected chi connectivity index (χ1v) is 10.9. The van der Waals surface area contributed by atoms with E-state index in [9.17, 15) is 10.1 Å². The summed E-state index contributed by atoms with van der Waals surface area (Å²) in [5.41, 5.74) is 4.94. The fourth-order valence-corrected chi connectivity index (χ4v) is 4.16. The number of hydrogen-bond donors (Lipinski definition) is 1. The summed E-state index contributed by atoms with van der Waals surface area (Å²) in [6.07, 6.45) is 8.89. The van der Waals surface area contributed by atoms with Gasteiger partial charge in [-0.3, -0.25) is 9.48 Å². The Kier molecular flexibility index (Phi) is 5.37. The molecule has 0 spiro atoms. The summed E-state index contributed by atoms with van der Waals surface area (Å²) in [6.45, 7) is 3.14. The summed E-state index contributed by atoms with van der Waals surface area (Å²) < 4.78 is 8.57. The first-order chi connectivity index (χ1) is 16.5. The number of carbonyl (C=O) groups excluding carboxylic acids is 1. The molecule has 5 heterocycles. The normalized spacial score (nSPS) is 14.5. The average Bonchev–Trinajstić information content (AvgIpc) is 3.46. The topological polar surface area (TPSA) is 113 Å². The molecule has 10 heteroatoms. The minimum Gasteiger partial charge on any atom is -0.481 e. The van der Waals surface area contributed by atoms with Gasteiger partial charge in [-0.1, -0.05) is 6.07 Å². The summed E-state index contributed by atoms with van der Waals surface area (Å²) >= 11 is 0. The molecule has 1 aliphatic rings. The van der Waals surface area contributed by atoms with Gasteiger partial charge in [0.2, 0.25) is 11.8 Å². The van der Waals surface area contributed by atoms with Gasteiger partial charge in [-0.15, -0.1) is 0 Å². The maximum atomic E-state index is 12.8. The van der Waals surface area contributed by atoms with E-state index in [4.69, 9.17) is 4.74 Å². The lowest BCUT2D eigenvalue weighted by Gasteiger charge is -2.42. The first kappa shape index (κ1) is 21.5. The molecular weight excluding hydrogens is 432 g/mol. The Balaban J connectivity index is 1.33. The van der Waals surface area contributed by atoms with E-state index in [-0.39, 0.29) is 17.9 Å². The SMILES string of the molecule is COc1ccc(C(C)C(=O)NC2CN(c3cc(-c4cnn(C)c4)cn4ncc(C#N)c34)C2)cn1. The van der Waals surface area contributed by atoms with Crippen molar-refractivity contribution in [1.29, 1.82) is 5.26 Å². The van der Waals surface area contributed by atoms with E-state index in [1.54, 1.807) is 41.0 Å². The third-order valence-corrected chi connectivity index (χ3v) is 6.18. The molecule has 0 saturated carbocycles. The maximum Gasteiger partial charge on any atom is 0.227 e. The molecule has 1 unspecified atom stereocenters. The predicted octanol–water partition coefficient (Wildman–Crippen LogP) is 2.12. The number of methoxy groups -OCH3 is 1. The predicted molar refractivity (Wildman–Crippen MR) is 125 cm³/mol. The lowest BCUT2D eigenvalue weighted by atomic mass is 10.00. The molecule has 34 heavy (non-hydrogen) atoms. The second-order valence-corrected chi connectivity index (χ2v) is 8.45. The third kappa shape index (κ3) is 3.81. The quantitative estimate of drug-likeness (QED) is 0.473. The Morgan fingerprint density at radius 1 is 1.21 bits per heavy atom. The standard InChI is InChI=1S/C24H24N8O2/c1-15(16-4-5-22(34-3)26-8-16)24(33)29-20-13-31(14-20)21-6-17(19-10-27-30(2)11-19)12-32-23(21)18(7-25)9-28-32/h4-6,8-12,15,20H,13-14H2,1-3H3,(H,29,33). The van der Waals surface area contributed by atoms with Crippen LogP contribution in [0.3, 0.4) is 0 Å². The molecule has 1 atom stereocenters. The highest BCUT2D eigenvalue weighted by atomic mass is 16.5. The highest BCUT2D eigenvalue weighted by molar-refractivity contribution is 5.86. The van der Waals surface area contributed by atoms with Gasteiger partial charge in [0.25, 0.3) is 0 Å². The minimum atomic E-state index is -0.326. The number of pyridine rings is 2. The van der Waals surface area contributed by atoms with E-state index in [2.05, 4.69) is 37.5 Å². The number of amides is 1. The van der Waals surface area contributed by atoms with Crippen LogP contribution in [0.15, 0.2) is 49.2 Å². The fraction of sp³-hybridized carbons (Fsp3) is 0.292. The number of nitrogens with zero attached hydrogens (tertiary/aromatic N) is 7. The summed E-state index contributed by atoms with van der Waals surface area (Å²) in [6, 6.07) is 7.90. The lowest BCUT2D eigenvalue weighted by Crippen LogP contribution is -2.60. The van der Waals surface area contributed by atoms with Crippen molar-refractivity contribution in [3.8, 4) is 23.1 Å². The Hall–Kier alpha value is -4.39. The zero-order chi connectivity index (χ0) is 23.8. The number of nitrogens with one attached hydrogen (secondary N) is 1. The van der Waals surface area contributed by atoms with E-state index >= 15 is 0 Å². The third-order valence-electron chi connectivity index (χ3n) is 6.18. The molecule has 1 saturated heterocycles. The average molecular weight is 457 g/mol. The number of fused-ring (bicyclic) bond motifs is 1. The van der Waals surface area contributed by atoms with Crippen molar-refractivity contribution in [2.45, 2.75) is 18.9 Å². The molecule has 4 aromatic rings. The smallest absolute Gasteiger partial charge is 0.227 e. The molecule has 172 valence electrons. The highest BCUT2D eigenvalue weighted by Crippen LogP contribution is 2.33. The molecule has 10 nitrogen and oxygen atoms in total. The van der Waals surface area contributed by atoms with E-state index in [1.165, 1.54) is 0 Å². The number of anilines is 1. The van der Waals surface area contributed by atoms with Crippen LogP contribution in [-0.4, -0.2) is 56.5 Å². The number of rotatable bonds is 6. The number of ether oxygens (including phenoxy) is 1. The zero-order valence-electron chi connectivity index (χ0n) is 19.1. The van der Waals surface area contributed by atoms with Crippen LogP contribution in [0.4, 0.5) is 5.69 Å². The van der Waals surface area contributed by atoms with E-state index in [1.807, 2.05) is 32.4 Å². The number of aryl methyl sites for hydroxylation is 1. The number of carbonyl (C=O) groups is 1. The van der Waals surface area contributed by atoms with Crippen LogP contribution in [-0.2, 0) is 11.8 Å². The van der Waals surface area contributed by atoms with Gasteiger partial charge in [-0.25, -0.2) is 9.50 Å². The number of nitriles is 1. The molecule has 1 aliphatic heterocycles. The van der Waals surface area contributed by atoms with Gasteiger partial charge < -0.3 is 15.0 Å². The van der Waals surface area contributed by atoms with Crippen molar-refractivity contribution in [1.82, 2.24) is 29.7 Å². The van der Waals surface area contributed by atoms with E-state index < -0.39 is 0 Å². The van der Waals surface area contributed by atoms with Crippen molar-refractivity contribution < 1.29 is 9.53 Å². The van der Waals surface area contributed by atoms with Gasteiger partial charge in [-0.2, -0.15) is 15.5 Å². The number of hydrogen-bond acceptors (Lipinski definition) is 7. The summed E-state index contributed by atoms with van der Waals surface area (Å²) in [4.78, 5) is 19.1. The van der Waals surface area contributed by atoms with Crippen LogP contribution in [0.25, 0.3) is 16.6 Å². The summed E-state index contributed by atoms with van der Waals surface area (Å²) in [5, 5.41) is 21.3. The Morgan fingerprint density at radius 2 is 2.03 bits per heavy atom. The van der Waals surface area contributed by atoms with Crippen molar-refractivity contribution in [2.24, 2.45) is 7.05 Å². The van der Waals surface area contributed by atoms with E-state index in [0.29, 0.717) is 24.5 Å². The summed E-state index contributed by atoms with van der Waals surface area (Å²) in [7, 11) is 3.43. The van der Waals surface area contributed by atoms with Gasteiger partial charge in [0.15, 0.2) is 0 Å². The van der Waals surface area contributed by atoms with Gasteiger partial charge in [0.1, 0.15) is 11.6 Å². The second-order valence-electron chi connectivity index (χ2n) is 8.45.